The van der Waals surface area contributed by atoms with Crippen molar-refractivity contribution in [1.82, 2.24) is 0 Å². The molecule has 0 N–H and O–H groups in total. The molecule has 0 unspecified atom stereocenters. The number of carbonyl (C=O) groups excluding carboxylic acids is 1. The highest BCUT2D eigenvalue weighted by Crippen LogP contribution is 2.30. The highest BCUT2D eigenvalue weighted by Gasteiger charge is 2.14. The number of hydrogen-bond acceptors (Lipinski definition) is 5. The summed E-state index contributed by atoms with van der Waals surface area (Å²) in [4.78, 5) is 16.8. The highest BCUT2D eigenvalue weighted by molar-refractivity contribution is 7.14. The highest BCUT2D eigenvalue weighted by atomic mass is 32.1. The molecule has 0 atom stereocenters. The third kappa shape index (κ3) is 3.30. The molecule has 92 valence electrons. The van der Waals surface area contributed by atoms with Gasteiger partial charge in [-0.05, 0) is 5.92 Å². The minimum atomic E-state index is -0.630. The summed E-state index contributed by atoms with van der Waals surface area (Å²) in [6.45, 7) is 5.15. The summed E-state index contributed by atoms with van der Waals surface area (Å²) in [5, 5.41) is 0.581. The van der Waals surface area contributed by atoms with Gasteiger partial charge in [0.2, 0.25) is 0 Å². The van der Waals surface area contributed by atoms with Crippen LogP contribution < -0.4 is 4.74 Å². The lowest BCUT2D eigenvalue weighted by atomic mass is 10.2. The molecule has 4 nitrogen and oxygen atoms in total. The van der Waals surface area contributed by atoms with Gasteiger partial charge in [0.05, 0.1) is 6.61 Å². The monoisotopic (exact) mass is 253 g/mol. The zero-order valence-corrected chi connectivity index (χ0v) is 10.8. The first-order valence-corrected chi connectivity index (χ1v) is 6.44. The molecule has 0 spiro atoms. The normalized spacial score (nSPS) is 13.6. The van der Waals surface area contributed by atoms with Gasteiger partial charge in [0.1, 0.15) is 0 Å². The quantitative estimate of drug-likeness (QED) is 0.778. The van der Waals surface area contributed by atoms with Crippen molar-refractivity contribution in [2.24, 2.45) is 10.9 Å². The maximum Gasteiger partial charge on any atom is 0.514 e. The van der Waals surface area contributed by atoms with Crippen LogP contribution in [-0.2, 0) is 11.2 Å². The first kappa shape index (κ1) is 12.1. The van der Waals surface area contributed by atoms with Gasteiger partial charge in [-0.2, -0.15) is 0 Å². The topological polar surface area (TPSA) is 47.9 Å². The van der Waals surface area contributed by atoms with Gasteiger partial charge in [0, 0.05) is 35.7 Å². The molecule has 0 amide bonds. The largest absolute Gasteiger partial charge is 0.514 e. The van der Waals surface area contributed by atoms with Crippen molar-refractivity contribution in [3.8, 4) is 5.06 Å². The van der Waals surface area contributed by atoms with Gasteiger partial charge in [-0.15, -0.1) is 11.3 Å². The van der Waals surface area contributed by atoms with E-state index in [0.29, 0.717) is 17.6 Å². The van der Waals surface area contributed by atoms with Crippen molar-refractivity contribution in [1.29, 1.82) is 0 Å². The predicted octanol–water partition coefficient (Wildman–Crippen LogP) is 2.89. The maximum absolute atomic E-state index is 11.4. The van der Waals surface area contributed by atoms with Crippen molar-refractivity contribution in [3.63, 3.8) is 0 Å². The van der Waals surface area contributed by atoms with Gasteiger partial charge in [0.25, 0.3) is 0 Å². The van der Waals surface area contributed by atoms with E-state index in [-0.39, 0.29) is 0 Å². The van der Waals surface area contributed by atoms with E-state index in [0.717, 1.165) is 18.5 Å². The van der Waals surface area contributed by atoms with Crippen molar-refractivity contribution in [2.75, 3.05) is 13.2 Å². The van der Waals surface area contributed by atoms with Crippen LogP contribution in [0, 0.1) is 5.92 Å². The Bertz CT molecular complexity index is 437. The third-order valence-electron chi connectivity index (χ3n) is 2.24. The van der Waals surface area contributed by atoms with E-state index in [1.807, 2.05) is 26.1 Å². The lowest BCUT2D eigenvalue weighted by Crippen LogP contribution is -2.13. The molecule has 5 heteroatoms. The Hall–Kier alpha value is -1.36. The average molecular weight is 253 g/mol. The summed E-state index contributed by atoms with van der Waals surface area (Å²) in [6, 6.07) is 1.83. The molecule has 0 fully saturated rings. The first-order chi connectivity index (χ1) is 8.15. The predicted molar refractivity (Wildman–Crippen MR) is 67.3 cm³/mol. The van der Waals surface area contributed by atoms with Crippen LogP contribution in [0.5, 0.6) is 5.06 Å². The molecule has 0 saturated carbocycles. The van der Waals surface area contributed by atoms with E-state index in [2.05, 4.69) is 4.99 Å². The molecule has 1 aromatic heterocycles. The van der Waals surface area contributed by atoms with E-state index in [9.17, 15) is 4.79 Å². The van der Waals surface area contributed by atoms with E-state index in [1.54, 1.807) is 0 Å². The fourth-order valence-electron chi connectivity index (χ4n) is 1.45. The number of ether oxygens (including phenoxy) is 2. The molecule has 0 aromatic carbocycles. The zero-order chi connectivity index (χ0) is 12.3. The number of hydrogen-bond donors (Lipinski definition) is 0. The molecule has 0 bridgehead atoms. The van der Waals surface area contributed by atoms with Crippen LogP contribution >= 0.6 is 11.3 Å². The fraction of sp³-hybridized carbons (Fsp3) is 0.500. The molecular formula is C12H15NO3S. The lowest BCUT2D eigenvalue weighted by Gasteiger charge is -2.05. The van der Waals surface area contributed by atoms with Crippen LogP contribution in [0.15, 0.2) is 11.1 Å². The molecule has 0 radical (unpaired) electrons. The standard InChI is InChI=1S/C12H15NO3S/c1-8(2)7-15-12(14)16-11-5-9-6-13-4-3-10(9)17-11/h5-6,8H,3-4,7H2,1-2H3. The van der Waals surface area contributed by atoms with Crippen LogP contribution in [0.2, 0.25) is 0 Å². The molecule has 0 saturated heterocycles. The summed E-state index contributed by atoms with van der Waals surface area (Å²) in [5.41, 5.74) is 1.05. The second-order valence-electron chi connectivity index (χ2n) is 4.29. The Labute approximate surface area is 104 Å². The third-order valence-corrected chi connectivity index (χ3v) is 3.32. The second-order valence-corrected chi connectivity index (χ2v) is 5.39. The van der Waals surface area contributed by atoms with Crippen molar-refractivity contribution >= 4 is 23.7 Å². The molecule has 2 rings (SSSR count). The molecule has 1 aromatic rings. The van der Waals surface area contributed by atoms with E-state index < -0.39 is 6.16 Å². The number of carbonyl (C=O) groups is 1. The van der Waals surface area contributed by atoms with Crippen molar-refractivity contribution in [3.05, 3.63) is 16.5 Å². The Morgan fingerprint density at radius 1 is 1.59 bits per heavy atom. The van der Waals surface area contributed by atoms with Crippen LogP contribution in [0.1, 0.15) is 24.3 Å². The van der Waals surface area contributed by atoms with Gasteiger partial charge in [-0.3, -0.25) is 4.99 Å². The summed E-state index contributed by atoms with van der Waals surface area (Å²) in [5.74, 6) is 0.311. The summed E-state index contributed by atoms with van der Waals surface area (Å²) in [6.07, 6.45) is 2.11. The smallest absolute Gasteiger partial charge is 0.434 e. The SMILES string of the molecule is CC(C)COC(=O)Oc1cc2c(s1)CCN=C2. The first-order valence-electron chi connectivity index (χ1n) is 5.62. The molecule has 1 aliphatic heterocycles. The molecule has 17 heavy (non-hydrogen) atoms. The van der Waals surface area contributed by atoms with Crippen LogP contribution in [0.4, 0.5) is 4.79 Å². The zero-order valence-electron chi connectivity index (χ0n) is 9.93. The maximum atomic E-state index is 11.4. The van der Waals surface area contributed by atoms with Gasteiger partial charge in [-0.1, -0.05) is 13.8 Å². The van der Waals surface area contributed by atoms with Crippen LogP contribution in [0.25, 0.3) is 0 Å². The lowest BCUT2D eigenvalue weighted by molar-refractivity contribution is 0.0897. The summed E-state index contributed by atoms with van der Waals surface area (Å²) >= 11 is 1.48. The average Bonchev–Trinajstić information content (AvgIpc) is 2.68. The number of thiophene rings is 1. The number of rotatable bonds is 3. The number of nitrogens with zero attached hydrogens (tertiary/aromatic N) is 1. The number of aliphatic imine (C=N–C) groups is 1. The van der Waals surface area contributed by atoms with Gasteiger partial charge in [-0.25, -0.2) is 4.79 Å². The molecule has 0 aliphatic carbocycles. The van der Waals surface area contributed by atoms with Crippen molar-refractivity contribution in [2.45, 2.75) is 20.3 Å². The van der Waals surface area contributed by atoms with Gasteiger partial charge >= 0.3 is 6.16 Å². The molecular weight excluding hydrogens is 238 g/mol. The second kappa shape index (κ2) is 5.31. The van der Waals surface area contributed by atoms with E-state index in [4.69, 9.17) is 9.47 Å². The van der Waals surface area contributed by atoms with Crippen LogP contribution in [0.3, 0.4) is 0 Å². The Kier molecular flexibility index (Phi) is 3.78. The summed E-state index contributed by atoms with van der Waals surface area (Å²) in [7, 11) is 0. The fourth-order valence-corrected chi connectivity index (χ4v) is 2.41. The summed E-state index contributed by atoms with van der Waals surface area (Å²) < 4.78 is 10.1. The van der Waals surface area contributed by atoms with E-state index >= 15 is 0 Å². The van der Waals surface area contributed by atoms with Crippen molar-refractivity contribution < 1.29 is 14.3 Å². The van der Waals surface area contributed by atoms with Crippen LogP contribution in [-0.4, -0.2) is 25.5 Å². The van der Waals surface area contributed by atoms with E-state index in [1.165, 1.54) is 16.2 Å². The van der Waals surface area contributed by atoms with Gasteiger partial charge in [0.15, 0.2) is 5.06 Å². The Morgan fingerprint density at radius 2 is 2.41 bits per heavy atom. The number of fused-ring (bicyclic) bond motifs is 1. The minimum Gasteiger partial charge on any atom is -0.434 e. The Morgan fingerprint density at radius 3 is 3.12 bits per heavy atom. The van der Waals surface area contributed by atoms with Gasteiger partial charge < -0.3 is 9.47 Å². The molecule has 2 heterocycles. The Balaban J connectivity index is 1.93. The molecule has 1 aliphatic rings. The minimum absolute atomic E-state index is 0.311.